The SMILES string of the molecule is CN(C)CCc1cc(C2N=CCN2)ccc1[N+](=O)[O-]. The Hall–Kier alpha value is -1.79. The number of nitro groups is 1. The standard InChI is InChI=1S/C13H18N4O2/c1-16(2)8-5-10-9-11(13-14-6-7-15-13)3-4-12(10)17(18)19/h3-4,6,9,13,15H,5,7-8H2,1-2H3. The van der Waals surface area contributed by atoms with E-state index in [2.05, 4.69) is 10.3 Å². The summed E-state index contributed by atoms with van der Waals surface area (Å²) in [6, 6.07) is 5.25. The number of nitrogens with one attached hydrogen (secondary N) is 1. The van der Waals surface area contributed by atoms with Crippen molar-refractivity contribution >= 4 is 11.9 Å². The molecule has 0 spiro atoms. The highest BCUT2D eigenvalue weighted by atomic mass is 16.6. The summed E-state index contributed by atoms with van der Waals surface area (Å²) in [6.07, 6.45) is 2.41. The minimum atomic E-state index is -0.319. The fourth-order valence-corrected chi connectivity index (χ4v) is 2.08. The van der Waals surface area contributed by atoms with Crippen LogP contribution in [0.15, 0.2) is 23.2 Å². The Morgan fingerprint density at radius 1 is 1.53 bits per heavy atom. The summed E-state index contributed by atoms with van der Waals surface area (Å²) in [5.41, 5.74) is 1.93. The molecule has 102 valence electrons. The van der Waals surface area contributed by atoms with Crippen LogP contribution in [0.1, 0.15) is 17.3 Å². The van der Waals surface area contributed by atoms with Crippen LogP contribution in [0.4, 0.5) is 5.69 Å². The number of likely N-dealkylation sites (N-methyl/N-ethyl adjacent to an activating group) is 1. The van der Waals surface area contributed by atoms with E-state index in [1.807, 2.05) is 31.3 Å². The van der Waals surface area contributed by atoms with Gasteiger partial charge in [0.25, 0.3) is 5.69 Å². The van der Waals surface area contributed by atoms with E-state index in [4.69, 9.17) is 0 Å². The first-order valence-corrected chi connectivity index (χ1v) is 6.25. The number of hydrogen-bond acceptors (Lipinski definition) is 5. The number of rotatable bonds is 5. The smallest absolute Gasteiger partial charge is 0.272 e. The maximum atomic E-state index is 11.0. The minimum Gasteiger partial charge on any atom is -0.309 e. The van der Waals surface area contributed by atoms with Gasteiger partial charge in [0.2, 0.25) is 0 Å². The molecule has 1 atom stereocenters. The van der Waals surface area contributed by atoms with Crippen molar-refractivity contribution in [2.45, 2.75) is 12.6 Å². The molecule has 6 nitrogen and oxygen atoms in total. The van der Waals surface area contributed by atoms with Crippen LogP contribution in [0.3, 0.4) is 0 Å². The Bertz CT molecular complexity index is 499. The van der Waals surface area contributed by atoms with Crippen molar-refractivity contribution in [1.82, 2.24) is 10.2 Å². The summed E-state index contributed by atoms with van der Waals surface area (Å²) >= 11 is 0. The van der Waals surface area contributed by atoms with Crippen LogP contribution in [0, 0.1) is 10.1 Å². The molecule has 1 aromatic carbocycles. The summed E-state index contributed by atoms with van der Waals surface area (Å²) < 4.78 is 0. The van der Waals surface area contributed by atoms with Crippen molar-refractivity contribution < 1.29 is 4.92 Å². The molecule has 0 fully saturated rings. The molecule has 0 saturated heterocycles. The van der Waals surface area contributed by atoms with Gasteiger partial charge in [-0.05, 0) is 38.2 Å². The van der Waals surface area contributed by atoms with Crippen molar-refractivity contribution in [3.05, 3.63) is 39.4 Å². The third kappa shape index (κ3) is 3.36. The zero-order chi connectivity index (χ0) is 13.8. The van der Waals surface area contributed by atoms with Gasteiger partial charge >= 0.3 is 0 Å². The highest BCUT2D eigenvalue weighted by Gasteiger charge is 2.18. The number of nitro benzene ring substituents is 1. The molecule has 1 heterocycles. The van der Waals surface area contributed by atoms with Crippen molar-refractivity contribution in [1.29, 1.82) is 0 Å². The van der Waals surface area contributed by atoms with Gasteiger partial charge in [0.1, 0.15) is 6.17 Å². The summed E-state index contributed by atoms with van der Waals surface area (Å²) in [5.74, 6) is 0. The average Bonchev–Trinajstić information content (AvgIpc) is 2.89. The molecule has 2 rings (SSSR count). The molecule has 1 aliphatic heterocycles. The van der Waals surface area contributed by atoms with E-state index in [0.29, 0.717) is 6.42 Å². The molecule has 6 heteroatoms. The van der Waals surface area contributed by atoms with Crippen molar-refractivity contribution in [3.63, 3.8) is 0 Å². The Kier molecular flexibility index (Phi) is 4.24. The van der Waals surface area contributed by atoms with Gasteiger partial charge < -0.3 is 4.90 Å². The van der Waals surface area contributed by atoms with E-state index >= 15 is 0 Å². The Labute approximate surface area is 112 Å². The molecule has 0 amide bonds. The van der Waals surface area contributed by atoms with Crippen molar-refractivity contribution in [2.75, 3.05) is 27.2 Å². The van der Waals surface area contributed by atoms with E-state index in [-0.39, 0.29) is 16.8 Å². The minimum absolute atomic E-state index is 0.0705. The molecule has 0 radical (unpaired) electrons. The zero-order valence-electron chi connectivity index (χ0n) is 11.2. The number of benzene rings is 1. The molecule has 1 unspecified atom stereocenters. The van der Waals surface area contributed by atoms with Crippen LogP contribution in [-0.4, -0.2) is 43.2 Å². The molecule has 0 bridgehead atoms. The van der Waals surface area contributed by atoms with Gasteiger partial charge in [-0.15, -0.1) is 0 Å². The zero-order valence-corrected chi connectivity index (χ0v) is 11.2. The first kappa shape index (κ1) is 13.6. The lowest BCUT2D eigenvalue weighted by Crippen LogP contribution is -2.17. The van der Waals surface area contributed by atoms with Crippen LogP contribution >= 0.6 is 0 Å². The topological polar surface area (TPSA) is 70.8 Å². The quantitative estimate of drug-likeness (QED) is 0.642. The molecule has 1 aromatic rings. The van der Waals surface area contributed by atoms with Crippen LogP contribution in [0.5, 0.6) is 0 Å². The Balaban J connectivity index is 2.26. The van der Waals surface area contributed by atoms with E-state index < -0.39 is 0 Å². The predicted octanol–water partition coefficient (Wildman–Crippen LogP) is 1.37. The second-order valence-corrected chi connectivity index (χ2v) is 4.84. The van der Waals surface area contributed by atoms with Gasteiger partial charge in [-0.25, -0.2) is 0 Å². The molecular weight excluding hydrogens is 244 g/mol. The third-order valence-corrected chi connectivity index (χ3v) is 3.10. The summed E-state index contributed by atoms with van der Waals surface area (Å²) in [4.78, 5) is 17.0. The second kappa shape index (κ2) is 5.90. The highest BCUT2D eigenvalue weighted by molar-refractivity contribution is 5.62. The van der Waals surface area contributed by atoms with Crippen LogP contribution in [-0.2, 0) is 6.42 Å². The third-order valence-electron chi connectivity index (χ3n) is 3.10. The van der Waals surface area contributed by atoms with Gasteiger partial charge in [0.05, 0.1) is 4.92 Å². The summed E-state index contributed by atoms with van der Waals surface area (Å²) in [5, 5.41) is 14.3. The first-order chi connectivity index (χ1) is 9.08. The van der Waals surface area contributed by atoms with Gasteiger partial charge in [-0.3, -0.25) is 20.4 Å². The van der Waals surface area contributed by atoms with E-state index in [9.17, 15) is 10.1 Å². The normalized spacial score (nSPS) is 18.2. The van der Waals surface area contributed by atoms with Gasteiger partial charge in [-0.1, -0.05) is 0 Å². The maximum Gasteiger partial charge on any atom is 0.272 e. The Morgan fingerprint density at radius 2 is 2.32 bits per heavy atom. The molecule has 1 N–H and O–H groups in total. The molecule has 0 aliphatic carbocycles. The van der Waals surface area contributed by atoms with Crippen LogP contribution < -0.4 is 5.32 Å². The number of hydrogen-bond donors (Lipinski definition) is 1. The fourth-order valence-electron chi connectivity index (χ4n) is 2.08. The lowest BCUT2D eigenvalue weighted by molar-refractivity contribution is -0.385. The maximum absolute atomic E-state index is 11.0. The number of aliphatic imine (C=N–C) groups is 1. The Morgan fingerprint density at radius 3 is 2.89 bits per heavy atom. The second-order valence-electron chi connectivity index (χ2n) is 4.84. The predicted molar refractivity (Wildman–Crippen MR) is 74.6 cm³/mol. The molecule has 0 saturated carbocycles. The monoisotopic (exact) mass is 262 g/mol. The van der Waals surface area contributed by atoms with E-state index in [0.717, 1.165) is 24.2 Å². The average molecular weight is 262 g/mol. The highest BCUT2D eigenvalue weighted by Crippen LogP contribution is 2.25. The molecule has 1 aliphatic rings. The van der Waals surface area contributed by atoms with Crippen LogP contribution in [0.25, 0.3) is 0 Å². The molecule has 0 aromatic heterocycles. The van der Waals surface area contributed by atoms with Crippen molar-refractivity contribution in [3.8, 4) is 0 Å². The molecule has 19 heavy (non-hydrogen) atoms. The molecular formula is C13H18N4O2. The summed E-state index contributed by atoms with van der Waals surface area (Å²) in [6.45, 7) is 1.53. The fraction of sp³-hybridized carbons (Fsp3) is 0.462. The van der Waals surface area contributed by atoms with Gasteiger partial charge in [0, 0.05) is 30.9 Å². The lowest BCUT2D eigenvalue weighted by atomic mass is 10.0. The first-order valence-electron chi connectivity index (χ1n) is 6.25. The van der Waals surface area contributed by atoms with Crippen LogP contribution in [0.2, 0.25) is 0 Å². The summed E-state index contributed by atoms with van der Waals surface area (Å²) in [7, 11) is 3.91. The lowest BCUT2D eigenvalue weighted by Gasteiger charge is -2.13. The van der Waals surface area contributed by atoms with Gasteiger partial charge in [-0.2, -0.15) is 0 Å². The van der Waals surface area contributed by atoms with Crippen molar-refractivity contribution in [2.24, 2.45) is 4.99 Å². The van der Waals surface area contributed by atoms with E-state index in [1.54, 1.807) is 12.1 Å². The van der Waals surface area contributed by atoms with Gasteiger partial charge in [0.15, 0.2) is 0 Å². The largest absolute Gasteiger partial charge is 0.309 e. The number of nitrogens with zero attached hydrogens (tertiary/aromatic N) is 3. The van der Waals surface area contributed by atoms with E-state index in [1.165, 1.54) is 0 Å².